The molecule has 2 N–H and O–H groups in total. The van der Waals surface area contributed by atoms with Crippen LogP contribution in [-0.4, -0.2) is 41.5 Å². The Labute approximate surface area is 119 Å². The zero-order valence-corrected chi connectivity index (χ0v) is 12.2. The van der Waals surface area contributed by atoms with E-state index in [0.717, 1.165) is 19.0 Å². The van der Waals surface area contributed by atoms with Gasteiger partial charge in [0.15, 0.2) is 0 Å². The average Bonchev–Trinajstić information content (AvgIpc) is 2.46. The van der Waals surface area contributed by atoms with Gasteiger partial charge in [-0.1, -0.05) is 6.92 Å². The Morgan fingerprint density at radius 3 is 2.75 bits per heavy atom. The molecule has 1 fully saturated rings. The lowest BCUT2D eigenvalue weighted by Crippen LogP contribution is -2.45. The van der Waals surface area contributed by atoms with Crippen LogP contribution in [0.1, 0.15) is 37.0 Å². The summed E-state index contributed by atoms with van der Waals surface area (Å²) in [6.45, 7) is 7.28. The van der Waals surface area contributed by atoms with Crippen molar-refractivity contribution < 1.29 is 4.79 Å². The highest BCUT2D eigenvalue weighted by Crippen LogP contribution is 2.17. The minimum atomic E-state index is -0.197. The third-order valence-corrected chi connectivity index (χ3v) is 4.05. The van der Waals surface area contributed by atoms with Crippen molar-refractivity contribution in [2.45, 2.75) is 32.7 Å². The Bertz CT molecular complexity index is 484. The van der Waals surface area contributed by atoms with E-state index >= 15 is 0 Å². The highest BCUT2D eigenvalue weighted by Gasteiger charge is 2.20. The summed E-state index contributed by atoms with van der Waals surface area (Å²) in [6.07, 6.45) is 3.92. The number of carbonyl (C=O) groups excluding carboxylic acids is 1. The fraction of sp³-hybridized carbons (Fsp3) is 0.600. The van der Waals surface area contributed by atoms with Crippen LogP contribution in [-0.2, 0) is 0 Å². The van der Waals surface area contributed by atoms with Crippen LogP contribution in [0, 0.1) is 5.92 Å². The van der Waals surface area contributed by atoms with Gasteiger partial charge in [0.2, 0.25) is 5.56 Å². The number of hydrogen-bond donors (Lipinski definition) is 2. The molecule has 1 aromatic heterocycles. The molecule has 5 heteroatoms. The molecular formula is C15H23N3O2. The molecule has 1 unspecified atom stereocenters. The van der Waals surface area contributed by atoms with E-state index in [1.165, 1.54) is 25.1 Å². The summed E-state index contributed by atoms with van der Waals surface area (Å²) >= 11 is 0. The third-order valence-electron chi connectivity index (χ3n) is 4.05. The van der Waals surface area contributed by atoms with Crippen LogP contribution in [0.5, 0.6) is 0 Å². The maximum atomic E-state index is 11.9. The Kier molecular flexibility index (Phi) is 4.95. The van der Waals surface area contributed by atoms with Gasteiger partial charge in [0.05, 0.1) is 5.56 Å². The number of hydrogen-bond acceptors (Lipinski definition) is 3. The molecule has 0 aliphatic carbocycles. The Balaban J connectivity index is 1.81. The quantitative estimate of drug-likeness (QED) is 0.870. The molecule has 1 atom stereocenters. The number of aromatic nitrogens is 1. The maximum Gasteiger partial charge on any atom is 0.252 e. The molecule has 0 saturated carbocycles. The second kappa shape index (κ2) is 6.70. The van der Waals surface area contributed by atoms with E-state index in [-0.39, 0.29) is 11.5 Å². The number of aromatic amines is 1. The van der Waals surface area contributed by atoms with Gasteiger partial charge in [0.25, 0.3) is 5.91 Å². The molecule has 0 spiro atoms. The minimum absolute atomic E-state index is 0.140. The number of nitrogens with zero attached hydrogens (tertiary/aromatic N) is 1. The zero-order valence-electron chi connectivity index (χ0n) is 12.2. The van der Waals surface area contributed by atoms with Crippen LogP contribution in [0.25, 0.3) is 0 Å². The third kappa shape index (κ3) is 3.93. The molecule has 5 nitrogen and oxygen atoms in total. The molecule has 20 heavy (non-hydrogen) atoms. The van der Waals surface area contributed by atoms with Crippen molar-refractivity contribution >= 4 is 5.91 Å². The number of H-pyrrole nitrogens is 1. The minimum Gasteiger partial charge on any atom is -0.350 e. The van der Waals surface area contributed by atoms with Crippen LogP contribution in [0.15, 0.2) is 23.1 Å². The lowest BCUT2D eigenvalue weighted by molar-refractivity contribution is 0.0921. The summed E-state index contributed by atoms with van der Waals surface area (Å²) < 4.78 is 0. The number of piperidine rings is 1. The molecule has 1 aliphatic heterocycles. The Morgan fingerprint density at radius 2 is 2.15 bits per heavy atom. The molecule has 1 aromatic rings. The predicted molar refractivity (Wildman–Crippen MR) is 78.8 cm³/mol. The molecule has 0 radical (unpaired) electrons. The molecule has 0 aromatic carbocycles. The van der Waals surface area contributed by atoms with E-state index in [2.05, 4.69) is 29.0 Å². The van der Waals surface area contributed by atoms with Crippen molar-refractivity contribution in [3.05, 3.63) is 34.2 Å². The predicted octanol–water partition coefficient (Wildman–Crippen LogP) is 1.23. The highest BCUT2D eigenvalue weighted by molar-refractivity contribution is 5.93. The van der Waals surface area contributed by atoms with E-state index in [0.29, 0.717) is 18.2 Å². The summed E-state index contributed by atoms with van der Waals surface area (Å²) in [6, 6.07) is 3.25. The van der Waals surface area contributed by atoms with Gasteiger partial charge in [-0.25, -0.2) is 0 Å². The van der Waals surface area contributed by atoms with Crippen molar-refractivity contribution in [3.8, 4) is 0 Å². The molecule has 110 valence electrons. The normalized spacial score (nSPS) is 18.7. The fourth-order valence-electron chi connectivity index (χ4n) is 2.49. The van der Waals surface area contributed by atoms with Crippen molar-refractivity contribution in [1.82, 2.24) is 15.2 Å². The van der Waals surface area contributed by atoms with Gasteiger partial charge >= 0.3 is 0 Å². The van der Waals surface area contributed by atoms with Crippen LogP contribution >= 0.6 is 0 Å². The first-order valence-corrected chi connectivity index (χ1v) is 7.27. The first kappa shape index (κ1) is 14.8. The van der Waals surface area contributed by atoms with Gasteiger partial charge in [0.1, 0.15) is 0 Å². The van der Waals surface area contributed by atoms with E-state index in [4.69, 9.17) is 0 Å². The van der Waals surface area contributed by atoms with Gasteiger partial charge < -0.3 is 10.3 Å². The molecule has 1 amide bonds. The average molecular weight is 277 g/mol. The number of rotatable bonds is 4. The van der Waals surface area contributed by atoms with E-state index < -0.39 is 0 Å². The standard InChI is InChI=1S/C15H23N3O2/c1-11-5-7-18(8-6-11)12(2)9-17-15(20)13-3-4-14(19)16-10-13/h3-4,10-12H,5-9H2,1-2H3,(H,16,19)(H,17,20). The molecule has 1 aliphatic rings. The molecule has 0 bridgehead atoms. The summed E-state index contributed by atoms with van der Waals surface area (Å²) in [4.78, 5) is 27.8. The van der Waals surface area contributed by atoms with Crippen molar-refractivity contribution in [3.63, 3.8) is 0 Å². The van der Waals surface area contributed by atoms with E-state index in [9.17, 15) is 9.59 Å². The van der Waals surface area contributed by atoms with E-state index in [1.807, 2.05) is 0 Å². The SMILES string of the molecule is CC1CCN(C(C)CNC(=O)c2ccc(=O)[nH]c2)CC1. The Morgan fingerprint density at radius 1 is 1.45 bits per heavy atom. The lowest BCUT2D eigenvalue weighted by atomic mass is 9.98. The van der Waals surface area contributed by atoms with Gasteiger partial charge in [-0.15, -0.1) is 0 Å². The molecule has 2 heterocycles. The molecule has 1 saturated heterocycles. The second-order valence-corrected chi connectivity index (χ2v) is 5.72. The number of nitrogens with one attached hydrogen (secondary N) is 2. The maximum absolute atomic E-state index is 11.9. The zero-order chi connectivity index (χ0) is 14.5. The first-order valence-electron chi connectivity index (χ1n) is 7.27. The number of pyridine rings is 1. The van der Waals surface area contributed by atoms with Crippen LogP contribution in [0.4, 0.5) is 0 Å². The van der Waals surface area contributed by atoms with Crippen LogP contribution < -0.4 is 10.9 Å². The first-order chi connectivity index (χ1) is 9.56. The number of amides is 1. The lowest BCUT2D eigenvalue weighted by Gasteiger charge is -2.35. The van der Waals surface area contributed by atoms with Gasteiger partial charge in [-0.3, -0.25) is 14.5 Å². The van der Waals surface area contributed by atoms with Crippen LogP contribution in [0.2, 0.25) is 0 Å². The van der Waals surface area contributed by atoms with Crippen LogP contribution in [0.3, 0.4) is 0 Å². The van der Waals surface area contributed by atoms with Gasteiger partial charge in [-0.05, 0) is 44.8 Å². The number of likely N-dealkylation sites (tertiary alicyclic amines) is 1. The Hall–Kier alpha value is -1.62. The summed E-state index contributed by atoms with van der Waals surface area (Å²) in [5.41, 5.74) is 0.293. The smallest absolute Gasteiger partial charge is 0.252 e. The second-order valence-electron chi connectivity index (χ2n) is 5.72. The van der Waals surface area contributed by atoms with Gasteiger partial charge in [-0.2, -0.15) is 0 Å². The molecular weight excluding hydrogens is 254 g/mol. The van der Waals surface area contributed by atoms with Crippen molar-refractivity contribution in [2.24, 2.45) is 5.92 Å². The number of carbonyl (C=O) groups is 1. The summed E-state index contributed by atoms with van der Waals surface area (Å²) in [5.74, 6) is 0.674. The monoisotopic (exact) mass is 277 g/mol. The van der Waals surface area contributed by atoms with Crippen molar-refractivity contribution in [2.75, 3.05) is 19.6 Å². The van der Waals surface area contributed by atoms with E-state index in [1.54, 1.807) is 6.07 Å². The summed E-state index contributed by atoms with van der Waals surface area (Å²) in [5, 5.41) is 2.92. The molecule has 2 rings (SSSR count). The van der Waals surface area contributed by atoms with Crippen molar-refractivity contribution in [1.29, 1.82) is 0 Å². The highest BCUT2D eigenvalue weighted by atomic mass is 16.1. The topological polar surface area (TPSA) is 65.2 Å². The van der Waals surface area contributed by atoms with Gasteiger partial charge in [0, 0.05) is 24.8 Å². The fourth-order valence-corrected chi connectivity index (χ4v) is 2.49. The largest absolute Gasteiger partial charge is 0.350 e. The summed E-state index contributed by atoms with van der Waals surface area (Å²) in [7, 11) is 0.